The number of likely N-dealkylation sites (tertiary alicyclic amines) is 2. The van der Waals surface area contributed by atoms with Crippen LogP contribution in [0.4, 0.5) is 10.5 Å². The van der Waals surface area contributed by atoms with Crippen molar-refractivity contribution >= 4 is 29.6 Å². The van der Waals surface area contributed by atoms with Crippen LogP contribution < -0.4 is 10.6 Å². The number of urea groups is 1. The molecule has 2 aliphatic rings. The van der Waals surface area contributed by atoms with E-state index in [4.69, 9.17) is 4.42 Å². The summed E-state index contributed by atoms with van der Waals surface area (Å²) in [6.45, 7) is 6.71. The predicted octanol–water partition coefficient (Wildman–Crippen LogP) is 3.57. The summed E-state index contributed by atoms with van der Waals surface area (Å²) in [6.07, 6.45) is 7.12. The van der Waals surface area contributed by atoms with Crippen LogP contribution in [0.1, 0.15) is 36.1 Å². The number of aryl methyl sites for hydroxylation is 2. The van der Waals surface area contributed by atoms with Crippen molar-refractivity contribution in [1.29, 1.82) is 0 Å². The summed E-state index contributed by atoms with van der Waals surface area (Å²) in [7, 11) is 0. The molecule has 8 heteroatoms. The standard InChI is InChI=1S/C26H32N4O4/c1-19-5-7-22(20(2)16-19)28-25(33)29-12-9-26(10-13-29)11-14-30(18-26)24(32)17-27-23(31)8-6-21-4-3-15-34-21/h3-8,15-16H,9-14,17-18H2,1-2H3,(H,27,31)(H,28,33)/b8-6-. The van der Waals surface area contributed by atoms with Crippen LogP contribution in [-0.4, -0.2) is 60.4 Å². The predicted molar refractivity (Wildman–Crippen MR) is 130 cm³/mol. The van der Waals surface area contributed by atoms with E-state index in [1.165, 1.54) is 17.9 Å². The number of rotatable bonds is 5. The molecule has 4 rings (SSSR count). The number of furan rings is 1. The second-order valence-corrected chi connectivity index (χ2v) is 9.37. The average molecular weight is 465 g/mol. The molecule has 2 aromatic rings. The van der Waals surface area contributed by atoms with Gasteiger partial charge >= 0.3 is 6.03 Å². The Morgan fingerprint density at radius 2 is 1.79 bits per heavy atom. The van der Waals surface area contributed by atoms with Gasteiger partial charge < -0.3 is 24.9 Å². The largest absolute Gasteiger partial charge is 0.465 e. The molecule has 3 heterocycles. The van der Waals surface area contributed by atoms with E-state index in [9.17, 15) is 14.4 Å². The van der Waals surface area contributed by atoms with Gasteiger partial charge in [0.2, 0.25) is 11.8 Å². The SMILES string of the molecule is Cc1ccc(NC(=O)N2CCC3(CCN(C(=O)CNC(=O)/C=C\c4ccco4)C3)CC2)c(C)c1. The van der Waals surface area contributed by atoms with Crippen LogP contribution >= 0.6 is 0 Å². The van der Waals surface area contributed by atoms with E-state index in [-0.39, 0.29) is 29.8 Å². The number of hydrogen-bond donors (Lipinski definition) is 2. The van der Waals surface area contributed by atoms with Crippen LogP contribution in [0.25, 0.3) is 6.08 Å². The fraction of sp³-hybridized carbons (Fsp3) is 0.423. The van der Waals surface area contributed by atoms with E-state index in [2.05, 4.69) is 16.7 Å². The molecule has 4 amide bonds. The number of nitrogens with one attached hydrogen (secondary N) is 2. The Labute approximate surface area is 200 Å². The zero-order valence-corrected chi connectivity index (χ0v) is 19.8. The van der Waals surface area contributed by atoms with Gasteiger partial charge in [-0.15, -0.1) is 0 Å². The van der Waals surface area contributed by atoms with Crippen LogP contribution in [-0.2, 0) is 9.59 Å². The molecule has 0 aliphatic carbocycles. The fourth-order valence-electron chi connectivity index (χ4n) is 4.77. The first-order valence-corrected chi connectivity index (χ1v) is 11.7. The first kappa shape index (κ1) is 23.6. The van der Waals surface area contributed by atoms with Crippen molar-refractivity contribution in [3.05, 3.63) is 59.6 Å². The first-order valence-electron chi connectivity index (χ1n) is 11.7. The Hall–Kier alpha value is -3.55. The van der Waals surface area contributed by atoms with Gasteiger partial charge in [0, 0.05) is 37.9 Å². The lowest BCUT2D eigenvalue weighted by molar-refractivity contribution is -0.131. The van der Waals surface area contributed by atoms with Crippen molar-refractivity contribution < 1.29 is 18.8 Å². The molecular formula is C26H32N4O4. The normalized spacial score (nSPS) is 17.4. The van der Waals surface area contributed by atoms with Gasteiger partial charge in [-0.25, -0.2) is 4.79 Å². The van der Waals surface area contributed by atoms with Crippen LogP contribution in [0.2, 0.25) is 0 Å². The van der Waals surface area contributed by atoms with Crippen LogP contribution in [0.15, 0.2) is 47.1 Å². The van der Waals surface area contributed by atoms with Gasteiger partial charge in [-0.2, -0.15) is 0 Å². The molecule has 0 saturated carbocycles. The van der Waals surface area contributed by atoms with E-state index in [0.29, 0.717) is 31.9 Å². The summed E-state index contributed by atoms with van der Waals surface area (Å²) in [5.74, 6) is 0.172. The summed E-state index contributed by atoms with van der Waals surface area (Å²) in [6, 6.07) is 9.42. The summed E-state index contributed by atoms with van der Waals surface area (Å²) < 4.78 is 5.15. The molecule has 1 aromatic heterocycles. The summed E-state index contributed by atoms with van der Waals surface area (Å²) in [5.41, 5.74) is 3.11. The molecule has 0 bridgehead atoms. The smallest absolute Gasteiger partial charge is 0.321 e. The molecule has 8 nitrogen and oxygen atoms in total. The zero-order chi connectivity index (χ0) is 24.1. The van der Waals surface area contributed by atoms with Gasteiger partial charge in [0.15, 0.2) is 0 Å². The highest BCUT2D eigenvalue weighted by atomic mass is 16.3. The van der Waals surface area contributed by atoms with E-state index in [0.717, 1.165) is 30.5 Å². The number of carbonyl (C=O) groups excluding carboxylic acids is 3. The third-order valence-corrected chi connectivity index (χ3v) is 6.88. The summed E-state index contributed by atoms with van der Waals surface area (Å²) >= 11 is 0. The quantitative estimate of drug-likeness (QED) is 0.662. The number of piperidine rings is 1. The minimum absolute atomic E-state index is 0.0260. The molecule has 2 aliphatic heterocycles. The molecule has 0 unspecified atom stereocenters. The van der Waals surface area contributed by atoms with Crippen molar-refractivity contribution in [2.24, 2.45) is 5.41 Å². The van der Waals surface area contributed by atoms with Gasteiger partial charge in [-0.1, -0.05) is 17.7 Å². The molecule has 34 heavy (non-hydrogen) atoms. The third-order valence-electron chi connectivity index (χ3n) is 6.88. The van der Waals surface area contributed by atoms with E-state index in [1.54, 1.807) is 18.2 Å². The Balaban J connectivity index is 1.22. The number of carbonyl (C=O) groups is 3. The van der Waals surface area contributed by atoms with Crippen molar-refractivity contribution in [3.63, 3.8) is 0 Å². The topological polar surface area (TPSA) is 94.9 Å². The van der Waals surface area contributed by atoms with Crippen LogP contribution in [0, 0.1) is 19.3 Å². The number of benzene rings is 1. The Bertz CT molecular complexity index is 1070. The highest BCUT2D eigenvalue weighted by molar-refractivity contribution is 5.94. The lowest BCUT2D eigenvalue weighted by atomic mass is 9.78. The van der Waals surface area contributed by atoms with Gasteiger partial charge in [0.25, 0.3) is 0 Å². The second-order valence-electron chi connectivity index (χ2n) is 9.37. The maximum atomic E-state index is 12.8. The first-order chi connectivity index (χ1) is 16.3. The lowest BCUT2D eigenvalue weighted by Crippen LogP contribution is -2.46. The minimum Gasteiger partial charge on any atom is -0.465 e. The number of anilines is 1. The van der Waals surface area contributed by atoms with Crippen molar-refractivity contribution in [2.75, 3.05) is 38.0 Å². The monoisotopic (exact) mass is 464 g/mol. The molecule has 0 radical (unpaired) electrons. The van der Waals surface area contributed by atoms with Crippen LogP contribution in [0.5, 0.6) is 0 Å². The molecule has 0 atom stereocenters. The third kappa shape index (κ3) is 5.68. The van der Waals surface area contributed by atoms with Crippen molar-refractivity contribution in [2.45, 2.75) is 33.1 Å². The summed E-state index contributed by atoms with van der Waals surface area (Å²) in [4.78, 5) is 41.1. The van der Waals surface area contributed by atoms with Crippen molar-refractivity contribution in [3.8, 4) is 0 Å². The Kier molecular flexibility index (Phi) is 7.05. The van der Waals surface area contributed by atoms with Crippen LogP contribution in [0.3, 0.4) is 0 Å². The summed E-state index contributed by atoms with van der Waals surface area (Å²) in [5, 5.41) is 5.68. The average Bonchev–Trinajstić information content (AvgIpc) is 3.49. The maximum absolute atomic E-state index is 12.8. The fourth-order valence-corrected chi connectivity index (χ4v) is 4.77. The van der Waals surface area contributed by atoms with E-state index >= 15 is 0 Å². The molecule has 2 fully saturated rings. The highest BCUT2D eigenvalue weighted by Crippen LogP contribution is 2.40. The number of nitrogens with zero attached hydrogens (tertiary/aromatic N) is 2. The van der Waals surface area contributed by atoms with Crippen molar-refractivity contribution in [1.82, 2.24) is 15.1 Å². The molecule has 2 saturated heterocycles. The zero-order valence-electron chi connectivity index (χ0n) is 19.8. The number of hydrogen-bond acceptors (Lipinski definition) is 4. The van der Waals surface area contributed by atoms with E-state index in [1.807, 2.05) is 35.8 Å². The lowest BCUT2D eigenvalue weighted by Gasteiger charge is -2.39. The molecule has 1 aromatic carbocycles. The molecule has 180 valence electrons. The Morgan fingerprint density at radius 3 is 2.47 bits per heavy atom. The minimum atomic E-state index is -0.332. The molecule has 1 spiro atoms. The Morgan fingerprint density at radius 1 is 1.06 bits per heavy atom. The number of amides is 4. The second kappa shape index (κ2) is 10.2. The highest BCUT2D eigenvalue weighted by Gasteiger charge is 2.42. The molecule has 2 N–H and O–H groups in total. The molecular weight excluding hydrogens is 432 g/mol. The van der Waals surface area contributed by atoms with Gasteiger partial charge in [-0.3, -0.25) is 9.59 Å². The van der Waals surface area contributed by atoms with Gasteiger partial charge in [0.1, 0.15) is 5.76 Å². The van der Waals surface area contributed by atoms with Gasteiger partial charge in [-0.05, 0) is 68.4 Å². The maximum Gasteiger partial charge on any atom is 0.321 e. The van der Waals surface area contributed by atoms with Gasteiger partial charge in [0.05, 0.1) is 12.8 Å². The van der Waals surface area contributed by atoms with E-state index < -0.39 is 0 Å².